The van der Waals surface area contributed by atoms with Gasteiger partial charge in [-0.3, -0.25) is 0 Å². The van der Waals surface area contributed by atoms with Crippen molar-refractivity contribution in [1.29, 1.82) is 0 Å². The number of aliphatic hydroxyl groups excluding tert-OH is 1. The number of hydrogen-bond donors (Lipinski definition) is 1. The number of aliphatic hydroxyl groups is 1. The summed E-state index contributed by atoms with van der Waals surface area (Å²) in [6.07, 6.45) is 0. The molecule has 0 aliphatic heterocycles. The highest BCUT2D eigenvalue weighted by molar-refractivity contribution is 9.10. The lowest BCUT2D eigenvalue weighted by Crippen LogP contribution is -2.26. The van der Waals surface area contributed by atoms with Crippen LogP contribution in [-0.4, -0.2) is 24.9 Å². The van der Waals surface area contributed by atoms with Crippen molar-refractivity contribution in [3.05, 3.63) is 51.9 Å². The lowest BCUT2D eigenvalue weighted by atomic mass is 10.2. The van der Waals surface area contributed by atoms with Crippen molar-refractivity contribution < 1.29 is 17.9 Å². The van der Waals surface area contributed by atoms with E-state index in [1.165, 1.54) is 17.4 Å². The zero-order valence-corrected chi connectivity index (χ0v) is 14.1. The molecule has 7 heteroatoms. The number of aryl methyl sites for hydroxylation is 1. The van der Waals surface area contributed by atoms with Gasteiger partial charge >= 0.3 is 0 Å². The lowest BCUT2D eigenvalue weighted by Gasteiger charge is -2.17. The molecular formula is C14H16BrNO4S. The first-order valence-corrected chi connectivity index (χ1v) is 8.49. The fourth-order valence-corrected chi connectivity index (χ4v) is 3.99. The van der Waals surface area contributed by atoms with E-state index in [4.69, 9.17) is 9.52 Å². The van der Waals surface area contributed by atoms with Crippen molar-refractivity contribution in [2.24, 2.45) is 0 Å². The quantitative estimate of drug-likeness (QED) is 0.874. The van der Waals surface area contributed by atoms with E-state index in [1.807, 2.05) is 0 Å². The van der Waals surface area contributed by atoms with Gasteiger partial charge in [0.25, 0.3) is 0 Å². The molecule has 0 fully saturated rings. The summed E-state index contributed by atoms with van der Waals surface area (Å²) in [4.78, 5) is 0.125. The van der Waals surface area contributed by atoms with E-state index in [1.54, 1.807) is 31.2 Å². The Morgan fingerprint density at radius 1 is 1.29 bits per heavy atom. The smallest absolute Gasteiger partial charge is 0.244 e. The molecule has 21 heavy (non-hydrogen) atoms. The van der Waals surface area contributed by atoms with E-state index in [9.17, 15) is 8.42 Å². The van der Waals surface area contributed by atoms with Gasteiger partial charge in [0.15, 0.2) is 0 Å². The lowest BCUT2D eigenvalue weighted by molar-refractivity contribution is 0.281. The maximum atomic E-state index is 12.6. The Labute approximate surface area is 132 Å². The molecule has 0 atom stereocenters. The third-order valence-corrected chi connectivity index (χ3v) is 5.84. The van der Waals surface area contributed by atoms with Gasteiger partial charge in [0, 0.05) is 11.5 Å². The minimum atomic E-state index is -3.68. The maximum Gasteiger partial charge on any atom is 0.244 e. The minimum absolute atomic E-state index is 0.125. The highest BCUT2D eigenvalue weighted by atomic mass is 79.9. The standard InChI is InChI=1S/C14H16BrNO4S/c1-10-3-5-12(20-10)8-16(2)21(18,19)14-7-11(9-17)4-6-13(14)15/h3-7,17H,8-9H2,1-2H3. The number of nitrogens with zero attached hydrogens (tertiary/aromatic N) is 1. The van der Waals surface area contributed by atoms with Crippen LogP contribution in [0.1, 0.15) is 17.1 Å². The number of sulfonamides is 1. The van der Waals surface area contributed by atoms with E-state index in [0.717, 1.165) is 5.76 Å². The van der Waals surface area contributed by atoms with E-state index >= 15 is 0 Å². The Bertz CT molecular complexity index is 739. The fourth-order valence-electron chi connectivity index (χ4n) is 1.89. The highest BCUT2D eigenvalue weighted by Crippen LogP contribution is 2.26. The van der Waals surface area contributed by atoms with Gasteiger partial charge in [-0.15, -0.1) is 0 Å². The van der Waals surface area contributed by atoms with E-state index in [-0.39, 0.29) is 18.0 Å². The summed E-state index contributed by atoms with van der Waals surface area (Å²) in [6, 6.07) is 8.28. The van der Waals surface area contributed by atoms with Gasteiger partial charge in [-0.2, -0.15) is 4.31 Å². The van der Waals surface area contributed by atoms with Crippen molar-refractivity contribution in [2.75, 3.05) is 7.05 Å². The topological polar surface area (TPSA) is 70.8 Å². The van der Waals surface area contributed by atoms with Crippen LogP contribution in [0.3, 0.4) is 0 Å². The summed E-state index contributed by atoms with van der Waals surface area (Å²) < 4.78 is 32.3. The predicted molar refractivity (Wildman–Crippen MR) is 82.2 cm³/mol. The fraction of sp³-hybridized carbons (Fsp3) is 0.286. The van der Waals surface area contributed by atoms with Crippen LogP contribution in [0.15, 0.2) is 44.1 Å². The van der Waals surface area contributed by atoms with Gasteiger partial charge in [-0.25, -0.2) is 8.42 Å². The molecule has 0 aliphatic carbocycles. The van der Waals surface area contributed by atoms with Crippen molar-refractivity contribution in [3.63, 3.8) is 0 Å². The summed E-state index contributed by atoms with van der Waals surface area (Å²) in [5.74, 6) is 1.31. The molecule has 0 spiro atoms. The molecule has 0 bridgehead atoms. The molecule has 0 saturated heterocycles. The van der Waals surface area contributed by atoms with E-state index in [0.29, 0.717) is 15.8 Å². The first-order valence-electron chi connectivity index (χ1n) is 6.25. The molecule has 5 nitrogen and oxygen atoms in total. The van der Waals surface area contributed by atoms with E-state index < -0.39 is 10.0 Å². The molecule has 2 aromatic rings. The monoisotopic (exact) mass is 373 g/mol. The molecule has 114 valence electrons. The maximum absolute atomic E-state index is 12.6. The number of furan rings is 1. The molecule has 0 unspecified atom stereocenters. The molecule has 0 saturated carbocycles. The summed E-state index contributed by atoms with van der Waals surface area (Å²) >= 11 is 3.24. The summed E-state index contributed by atoms with van der Waals surface area (Å²) in [5, 5.41) is 9.16. The van der Waals surface area contributed by atoms with Crippen LogP contribution < -0.4 is 0 Å². The average molecular weight is 374 g/mol. The Morgan fingerprint density at radius 2 is 2.00 bits per heavy atom. The van der Waals surface area contributed by atoms with Gasteiger partial charge in [-0.1, -0.05) is 6.07 Å². The van der Waals surface area contributed by atoms with Crippen LogP contribution >= 0.6 is 15.9 Å². The average Bonchev–Trinajstić information content (AvgIpc) is 2.84. The second-order valence-electron chi connectivity index (χ2n) is 4.70. The summed E-state index contributed by atoms with van der Waals surface area (Å²) in [5.41, 5.74) is 0.541. The van der Waals surface area contributed by atoms with Crippen LogP contribution in [0, 0.1) is 6.92 Å². The van der Waals surface area contributed by atoms with Gasteiger partial charge in [0.2, 0.25) is 10.0 Å². The van der Waals surface area contributed by atoms with Gasteiger partial charge in [-0.05, 0) is 52.7 Å². The third kappa shape index (κ3) is 3.55. The second kappa shape index (κ2) is 6.31. The molecule has 1 aromatic heterocycles. The van der Waals surface area contributed by atoms with Gasteiger partial charge in [0.1, 0.15) is 11.5 Å². The molecule has 1 N–H and O–H groups in total. The SMILES string of the molecule is Cc1ccc(CN(C)S(=O)(=O)c2cc(CO)ccc2Br)o1. The summed E-state index contributed by atoms with van der Waals surface area (Å²) in [6.45, 7) is 1.74. The number of halogens is 1. The minimum Gasteiger partial charge on any atom is -0.465 e. The van der Waals surface area contributed by atoms with Crippen LogP contribution in [0.2, 0.25) is 0 Å². The second-order valence-corrected chi connectivity index (χ2v) is 7.56. The molecule has 1 heterocycles. The zero-order chi connectivity index (χ0) is 15.6. The largest absolute Gasteiger partial charge is 0.465 e. The van der Waals surface area contributed by atoms with Crippen LogP contribution in [0.4, 0.5) is 0 Å². The highest BCUT2D eigenvalue weighted by Gasteiger charge is 2.24. The molecule has 1 aromatic carbocycles. The van der Waals surface area contributed by atoms with Crippen LogP contribution in [-0.2, 0) is 23.2 Å². The third-order valence-electron chi connectivity index (χ3n) is 3.04. The number of benzene rings is 1. The molecular weight excluding hydrogens is 358 g/mol. The van der Waals surface area contributed by atoms with Crippen LogP contribution in [0.5, 0.6) is 0 Å². The first-order chi connectivity index (χ1) is 9.84. The van der Waals surface area contributed by atoms with Crippen molar-refractivity contribution in [1.82, 2.24) is 4.31 Å². The van der Waals surface area contributed by atoms with Gasteiger partial charge in [0.05, 0.1) is 18.0 Å². The molecule has 0 aliphatic rings. The zero-order valence-electron chi connectivity index (χ0n) is 11.7. The van der Waals surface area contributed by atoms with Crippen LogP contribution in [0.25, 0.3) is 0 Å². The first kappa shape index (κ1) is 16.2. The Kier molecular flexibility index (Phi) is 4.88. The van der Waals surface area contributed by atoms with Crippen molar-refractivity contribution in [3.8, 4) is 0 Å². The normalized spacial score (nSPS) is 12.0. The van der Waals surface area contributed by atoms with Crippen molar-refractivity contribution >= 4 is 26.0 Å². The Balaban J connectivity index is 2.32. The molecule has 2 rings (SSSR count). The van der Waals surface area contributed by atoms with Crippen molar-refractivity contribution in [2.45, 2.75) is 25.0 Å². The molecule has 0 amide bonds. The van der Waals surface area contributed by atoms with Gasteiger partial charge < -0.3 is 9.52 Å². The number of hydrogen-bond acceptors (Lipinski definition) is 4. The predicted octanol–water partition coefficient (Wildman–Crippen LogP) is 2.66. The Morgan fingerprint density at radius 3 is 2.57 bits per heavy atom. The van der Waals surface area contributed by atoms with E-state index in [2.05, 4.69) is 15.9 Å². The molecule has 0 radical (unpaired) electrons. The summed E-state index contributed by atoms with van der Waals surface area (Å²) in [7, 11) is -2.18. The number of rotatable bonds is 5. The Hall–Kier alpha value is -1.15.